The van der Waals surface area contributed by atoms with E-state index in [-0.39, 0.29) is 25.3 Å². The molecule has 0 atom stereocenters. The maximum atomic E-state index is 11.8. The van der Waals surface area contributed by atoms with Crippen LogP contribution in [0.15, 0.2) is 18.2 Å². The fraction of sp³-hybridized carbons (Fsp3) is 0.500. The minimum atomic E-state index is -0.00503. The Labute approximate surface area is 117 Å². The monoisotopic (exact) mass is 278 g/mol. The number of hydrogen-bond donors (Lipinski definition) is 2. The topological polar surface area (TPSA) is 68.8 Å². The molecule has 0 aromatic heterocycles. The number of nitrogens with one attached hydrogen (secondary N) is 2. The van der Waals surface area contributed by atoms with E-state index in [4.69, 9.17) is 14.2 Å². The maximum Gasteiger partial charge on any atom is 0.239 e. The second-order valence-electron chi connectivity index (χ2n) is 4.88. The highest BCUT2D eigenvalue weighted by Gasteiger charge is 2.16. The first-order valence-electron chi connectivity index (χ1n) is 6.82. The SMILES string of the molecule is O=C(CNc1ccc2c(c1)OCO2)NC1CCOCC1. The van der Waals surface area contributed by atoms with Crippen LogP contribution in [-0.2, 0) is 9.53 Å². The van der Waals surface area contributed by atoms with Crippen LogP contribution in [0.4, 0.5) is 5.69 Å². The smallest absolute Gasteiger partial charge is 0.239 e. The summed E-state index contributed by atoms with van der Waals surface area (Å²) in [5, 5.41) is 6.09. The Morgan fingerprint density at radius 2 is 2.00 bits per heavy atom. The van der Waals surface area contributed by atoms with Gasteiger partial charge in [-0.1, -0.05) is 0 Å². The van der Waals surface area contributed by atoms with Gasteiger partial charge < -0.3 is 24.8 Å². The molecule has 6 nitrogen and oxygen atoms in total. The quantitative estimate of drug-likeness (QED) is 0.864. The van der Waals surface area contributed by atoms with Crippen LogP contribution in [0.2, 0.25) is 0 Å². The zero-order chi connectivity index (χ0) is 13.8. The summed E-state index contributed by atoms with van der Waals surface area (Å²) in [6, 6.07) is 5.77. The van der Waals surface area contributed by atoms with Gasteiger partial charge in [0.25, 0.3) is 0 Å². The van der Waals surface area contributed by atoms with Crippen molar-refractivity contribution in [1.29, 1.82) is 0 Å². The zero-order valence-electron chi connectivity index (χ0n) is 11.2. The molecule has 6 heteroatoms. The summed E-state index contributed by atoms with van der Waals surface area (Å²) in [7, 11) is 0. The lowest BCUT2D eigenvalue weighted by Gasteiger charge is -2.23. The van der Waals surface area contributed by atoms with Crippen LogP contribution in [0.1, 0.15) is 12.8 Å². The first-order valence-corrected chi connectivity index (χ1v) is 6.82. The third-order valence-electron chi connectivity index (χ3n) is 3.41. The summed E-state index contributed by atoms with van der Waals surface area (Å²) in [6.45, 7) is 1.95. The Morgan fingerprint density at radius 3 is 2.85 bits per heavy atom. The third-order valence-corrected chi connectivity index (χ3v) is 3.41. The summed E-state index contributed by atoms with van der Waals surface area (Å²) in [4.78, 5) is 11.8. The molecule has 0 bridgehead atoms. The van der Waals surface area contributed by atoms with Gasteiger partial charge in [-0.25, -0.2) is 0 Å². The number of amides is 1. The zero-order valence-corrected chi connectivity index (χ0v) is 11.2. The second kappa shape index (κ2) is 6.00. The average Bonchev–Trinajstić information content (AvgIpc) is 2.93. The summed E-state index contributed by atoms with van der Waals surface area (Å²) < 4.78 is 15.8. The molecule has 1 aromatic carbocycles. The average molecular weight is 278 g/mol. The number of benzene rings is 1. The fourth-order valence-corrected chi connectivity index (χ4v) is 2.31. The van der Waals surface area contributed by atoms with Crippen molar-refractivity contribution in [3.63, 3.8) is 0 Å². The Balaban J connectivity index is 1.47. The molecule has 1 fully saturated rings. The lowest BCUT2D eigenvalue weighted by atomic mass is 10.1. The van der Waals surface area contributed by atoms with Crippen LogP contribution in [0.5, 0.6) is 11.5 Å². The van der Waals surface area contributed by atoms with Crippen molar-refractivity contribution in [3.8, 4) is 11.5 Å². The Kier molecular flexibility index (Phi) is 3.92. The molecule has 1 saturated heterocycles. The molecular formula is C14H18N2O4. The summed E-state index contributed by atoms with van der Waals surface area (Å²) in [5.41, 5.74) is 0.844. The molecule has 2 aliphatic heterocycles. The van der Waals surface area contributed by atoms with Crippen LogP contribution >= 0.6 is 0 Å². The van der Waals surface area contributed by atoms with Gasteiger partial charge in [0.15, 0.2) is 11.5 Å². The number of rotatable bonds is 4. The maximum absolute atomic E-state index is 11.8. The standard InChI is InChI=1S/C14H18N2O4/c17-14(16-10-3-5-18-6-4-10)8-15-11-1-2-12-13(7-11)20-9-19-12/h1-2,7,10,15H,3-6,8-9H2,(H,16,17). The Hall–Kier alpha value is -1.95. The van der Waals surface area contributed by atoms with Gasteiger partial charge >= 0.3 is 0 Å². The molecule has 0 unspecified atom stereocenters. The molecule has 1 aromatic rings. The summed E-state index contributed by atoms with van der Waals surface area (Å²) in [5.74, 6) is 1.44. The molecule has 1 amide bonds. The van der Waals surface area contributed by atoms with Gasteiger partial charge in [0.1, 0.15) is 0 Å². The third kappa shape index (κ3) is 3.14. The largest absolute Gasteiger partial charge is 0.454 e. The van der Waals surface area contributed by atoms with Gasteiger partial charge in [-0.3, -0.25) is 4.79 Å². The number of carbonyl (C=O) groups excluding carboxylic acids is 1. The van der Waals surface area contributed by atoms with E-state index in [1.54, 1.807) is 0 Å². The van der Waals surface area contributed by atoms with Gasteiger partial charge in [-0.2, -0.15) is 0 Å². The predicted octanol–water partition coefficient (Wildman–Crippen LogP) is 1.12. The molecule has 108 valence electrons. The molecule has 0 spiro atoms. The van der Waals surface area contributed by atoms with Crippen molar-refractivity contribution >= 4 is 11.6 Å². The number of ether oxygens (including phenoxy) is 3. The van der Waals surface area contributed by atoms with E-state index < -0.39 is 0 Å². The molecule has 0 saturated carbocycles. The van der Waals surface area contributed by atoms with Gasteiger partial charge in [0.2, 0.25) is 12.7 Å². The number of carbonyl (C=O) groups is 1. The van der Waals surface area contributed by atoms with Crippen molar-refractivity contribution in [1.82, 2.24) is 5.32 Å². The Bertz CT molecular complexity index is 486. The van der Waals surface area contributed by atoms with E-state index in [2.05, 4.69) is 10.6 Å². The minimum absolute atomic E-state index is 0.00503. The van der Waals surface area contributed by atoms with Gasteiger partial charge in [-0.15, -0.1) is 0 Å². The van der Waals surface area contributed by atoms with E-state index in [0.717, 1.165) is 37.5 Å². The number of anilines is 1. The van der Waals surface area contributed by atoms with Crippen LogP contribution < -0.4 is 20.1 Å². The summed E-state index contributed by atoms with van der Waals surface area (Å²) in [6.07, 6.45) is 1.77. The van der Waals surface area contributed by atoms with E-state index in [1.165, 1.54) is 0 Å². The fourth-order valence-electron chi connectivity index (χ4n) is 2.31. The van der Waals surface area contributed by atoms with Crippen molar-refractivity contribution in [2.75, 3.05) is 31.9 Å². The second-order valence-corrected chi connectivity index (χ2v) is 4.88. The van der Waals surface area contributed by atoms with Crippen molar-refractivity contribution < 1.29 is 19.0 Å². The van der Waals surface area contributed by atoms with Crippen molar-refractivity contribution in [3.05, 3.63) is 18.2 Å². The lowest BCUT2D eigenvalue weighted by Crippen LogP contribution is -2.41. The molecule has 0 radical (unpaired) electrons. The molecule has 20 heavy (non-hydrogen) atoms. The van der Waals surface area contributed by atoms with Gasteiger partial charge in [0, 0.05) is 31.0 Å². The molecule has 2 heterocycles. The van der Waals surface area contributed by atoms with Crippen LogP contribution in [0.25, 0.3) is 0 Å². The van der Waals surface area contributed by atoms with Crippen LogP contribution in [0.3, 0.4) is 0 Å². The Morgan fingerprint density at radius 1 is 1.20 bits per heavy atom. The van der Waals surface area contributed by atoms with Crippen LogP contribution in [0, 0.1) is 0 Å². The number of hydrogen-bond acceptors (Lipinski definition) is 5. The van der Waals surface area contributed by atoms with Crippen molar-refractivity contribution in [2.45, 2.75) is 18.9 Å². The summed E-state index contributed by atoms with van der Waals surface area (Å²) >= 11 is 0. The minimum Gasteiger partial charge on any atom is -0.454 e. The van der Waals surface area contributed by atoms with E-state index >= 15 is 0 Å². The lowest BCUT2D eigenvalue weighted by molar-refractivity contribution is -0.120. The van der Waals surface area contributed by atoms with Gasteiger partial charge in [0.05, 0.1) is 6.54 Å². The normalized spacial score (nSPS) is 17.8. The molecule has 3 rings (SSSR count). The highest BCUT2D eigenvalue weighted by Crippen LogP contribution is 2.34. The molecule has 2 aliphatic rings. The van der Waals surface area contributed by atoms with Crippen LogP contribution in [-0.4, -0.2) is 38.5 Å². The first-order chi connectivity index (χ1) is 9.81. The van der Waals surface area contributed by atoms with E-state index in [1.807, 2.05) is 18.2 Å². The van der Waals surface area contributed by atoms with Crippen molar-refractivity contribution in [2.24, 2.45) is 0 Å². The highest BCUT2D eigenvalue weighted by molar-refractivity contribution is 5.81. The molecule has 0 aliphatic carbocycles. The van der Waals surface area contributed by atoms with E-state index in [0.29, 0.717) is 5.75 Å². The molecule has 2 N–H and O–H groups in total. The predicted molar refractivity (Wildman–Crippen MR) is 73.0 cm³/mol. The molecular weight excluding hydrogens is 260 g/mol. The number of fused-ring (bicyclic) bond motifs is 1. The van der Waals surface area contributed by atoms with E-state index in [9.17, 15) is 4.79 Å². The first kappa shape index (κ1) is 13.1. The van der Waals surface area contributed by atoms with Gasteiger partial charge in [-0.05, 0) is 25.0 Å². The highest BCUT2D eigenvalue weighted by atomic mass is 16.7.